The number of allylic oxidation sites excluding steroid dienone is 1. The highest BCUT2D eigenvalue weighted by atomic mass is 35.5. The molecule has 0 unspecified atom stereocenters. The smallest absolute Gasteiger partial charge is 0.162 e. The van der Waals surface area contributed by atoms with Crippen molar-refractivity contribution < 1.29 is 8.78 Å². The summed E-state index contributed by atoms with van der Waals surface area (Å²) in [4.78, 5) is 8.49. The van der Waals surface area contributed by atoms with Gasteiger partial charge in [0, 0.05) is 11.1 Å². The van der Waals surface area contributed by atoms with E-state index in [0.29, 0.717) is 17.9 Å². The van der Waals surface area contributed by atoms with Crippen LogP contribution in [0, 0.1) is 23.5 Å². The number of rotatable bonds is 6. The molecule has 2 aromatic rings. The zero-order valence-electron chi connectivity index (χ0n) is 15.0. The summed E-state index contributed by atoms with van der Waals surface area (Å²) < 4.78 is 26.6. The predicted octanol–water partition coefficient (Wildman–Crippen LogP) is 7.04. The van der Waals surface area contributed by atoms with Crippen LogP contribution >= 0.6 is 23.2 Å². The maximum absolute atomic E-state index is 13.4. The first-order valence-electron chi connectivity index (χ1n) is 9.26. The Morgan fingerprint density at radius 3 is 2.22 bits per heavy atom. The molecule has 27 heavy (non-hydrogen) atoms. The Hall–Kier alpha value is -1.52. The van der Waals surface area contributed by atoms with Crippen LogP contribution in [0.5, 0.6) is 0 Å². The summed E-state index contributed by atoms with van der Waals surface area (Å²) in [6.07, 6.45) is 9.72. The third-order valence-electron chi connectivity index (χ3n) is 5.35. The maximum atomic E-state index is 13.4. The highest BCUT2D eigenvalue weighted by Gasteiger charge is 2.21. The van der Waals surface area contributed by atoms with Gasteiger partial charge in [-0.3, -0.25) is 0 Å². The first-order chi connectivity index (χ1) is 13.0. The highest BCUT2D eigenvalue weighted by Crippen LogP contribution is 2.35. The second-order valence-corrected chi connectivity index (χ2v) is 7.90. The molecule has 0 N–H and O–H groups in total. The molecule has 1 aromatic carbocycles. The lowest BCUT2D eigenvalue weighted by atomic mass is 9.78. The Kier molecular flexibility index (Phi) is 6.83. The van der Waals surface area contributed by atoms with E-state index in [1.54, 1.807) is 0 Å². The van der Waals surface area contributed by atoms with Gasteiger partial charge < -0.3 is 0 Å². The van der Waals surface area contributed by atoms with E-state index in [0.717, 1.165) is 36.5 Å². The van der Waals surface area contributed by atoms with Crippen molar-refractivity contribution in [1.82, 2.24) is 9.97 Å². The van der Waals surface area contributed by atoms with Crippen molar-refractivity contribution in [2.45, 2.75) is 44.9 Å². The normalized spacial score (nSPS) is 19.9. The summed E-state index contributed by atoms with van der Waals surface area (Å²) >= 11 is 12.6. The average molecular weight is 411 g/mol. The standard InChI is InChI=1S/C21H22Cl2F2N2/c1-2-3-13-4-6-14(7-5-13)8-10-16-19(22)26-21(27-20(16)23)15-9-11-17(24)18(25)12-15/h2,9,11-14H,1,3-8,10H2. The molecule has 0 aliphatic heterocycles. The molecular formula is C21H22Cl2F2N2. The molecule has 1 aliphatic rings. The number of halogens is 4. The van der Waals surface area contributed by atoms with Gasteiger partial charge >= 0.3 is 0 Å². The van der Waals surface area contributed by atoms with E-state index in [1.165, 1.54) is 31.7 Å². The number of nitrogens with zero attached hydrogens (tertiary/aromatic N) is 2. The molecule has 1 saturated carbocycles. The van der Waals surface area contributed by atoms with E-state index in [4.69, 9.17) is 23.2 Å². The molecule has 1 aliphatic carbocycles. The third kappa shape index (κ3) is 5.05. The third-order valence-corrected chi connectivity index (χ3v) is 5.98. The first kappa shape index (κ1) is 20.2. The lowest BCUT2D eigenvalue weighted by Crippen LogP contribution is -2.15. The van der Waals surface area contributed by atoms with E-state index >= 15 is 0 Å². The van der Waals surface area contributed by atoms with Crippen LogP contribution in [0.4, 0.5) is 8.78 Å². The second-order valence-electron chi connectivity index (χ2n) is 7.19. The molecule has 0 bridgehead atoms. The summed E-state index contributed by atoms with van der Waals surface area (Å²) in [5.74, 6) is -0.263. The summed E-state index contributed by atoms with van der Waals surface area (Å²) in [6.45, 7) is 3.82. The van der Waals surface area contributed by atoms with Gasteiger partial charge in [-0.05, 0) is 62.1 Å². The predicted molar refractivity (Wildman–Crippen MR) is 106 cm³/mol. The van der Waals surface area contributed by atoms with Crippen molar-refractivity contribution in [2.75, 3.05) is 0 Å². The lowest BCUT2D eigenvalue weighted by Gasteiger charge is -2.28. The average Bonchev–Trinajstić information content (AvgIpc) is 2.64. The van der Waals surface area contributed by atoms with E-state index in [2.05, 4.69) is 16.5 Å². The number of aromatic nitrogens is 2. The van der Waals surface area contributed by atoms with Crippen LogP contribution in [-0.2, 0) is 6.42 Å². The fourth-order valence-electron chi connectivity index (χ4n) is 3.74. The minimum Gasteiger partial charge on any atom is -0.216 e. The Morgan fingerprint density at radius 1 is 1.00 bits per heavy atom. The molecule has 0 saturated heterocycles. The van der Waals surface area contributed by atoms with Gasteiger partial charge in [0.2, 0.25) is 0 Å². The van der Waals surface area contributed by atoms with Crippen LogP contribution in [0.15, 0.2) is 30.9 Å². The fraction of sp³-hybridized carbons (Fsp3) is 0.429. The second kappa shape index (κ2) is 9.11. The van der Waals surface area contributed by atoms with Crippen LogP contribution in [-0.4, -0.2) is 9.97 Å². The highest BCUT2D eigenvalue weighted by molar-refractivity contribution is 6.34. The summed E-state index contributed by atoms with van der Waals surface area (Å²) in [5.41, 5.74) is 1.06. The largest absolute Gasteiger partial charge is 0.216 e. The van der Waals surface area contributed by atoms with Gasteiger partial charge in [0.15, 0.2) is 17.5 Å². The van der Waals surface area contributed by atoms with Crippen molar-refractivity contribution in [3.63, 3.8) is 0 Å². The Balaban J connectivity index is 1.67. The van der Waals surface area contributed by atoms with E-state index in [1.807, 2.05) is 6.08 Å². The van der Waals surface area contributed by atoms with Crippen molar-refractivity contribution >= 4 is 23.2 Å². The van der Waals surface area contributed by atoms with E-state index in [-0.39, 0.29) is 16.1 Å². The Bertz CT molecular complexity index is 795. The Morgan fingerprint density at radius 2 is 1.63 bits per heavy atom. The number of benzene rings is 1. The molecule has 3 rings (SSSR count). The van der Waals surface area contributed by atoms with Gasteiger partial charge in [-0.1, -0.05) is 42.1 Å². The molecular weight excluding hydrogens is 389 g/mol. The van der Waals surface area contributed by atoms with E-state index < -0.39 is 11.6 Å². The van der Waals surface area contributed by atoms with Gasteiger partial charge in [-0.2, -0.15) is 0 Å². The summed E-state index contributed by atoms with van der Waals surface area (Å²) in [7, 11) is 0. The zero-order valence-corrected chi connectivity index (χ0v) is 16.5. The van der Waals surface area contributed by atoms with Crippen molar-refractivity contribution in [2.24, 2.45) is 11.8 Å². The Labute approximate surface area is 168 Å². The van der Waals surface area contributed by atoms with Crippen LogP contribution in [0.1, 0.15) is 44.1 Å². The minimum absolute atomic E-state index is 0.192. The van der Waals surface area contributed by atoms with Gasteiger partial charge in [0.1, 0.15) is 10.3 Å². The van der Waals surface area contributed by atoms with E-state index in [9.17, 15) is 8.78 Å². The van der Waals surface area contributed by atoms with Gasteiger partial charge in [0.25, 0.3) is 0 Å². The number of hydrogen-bond donors (Lipinski definition) is 0. The SMILES string of the molecule is C=CCC1CCC(CCc2c(Cl)nc(-c3ccc(F)c(F)c3)nc2Cl)CC1. The molecule has 0 radical (unpaired) electrons. The molecule has 2 nitrogen and oxygen atoms in total. The molecule has 1 heterocycles. The summed E-state index contributed by atoms with van der Waals surface area (Å²) in [5, 5.41) is 0.546. The molecule has 1 fully saturated rings. The van der Waals surface area contributed by atoms with Crippen molar-refractivity contribution in [3.8, 4) is 11.4 Å². The monoisotopic (exact) mass is 410 g/mol. The molecule has 6 heteroatoms. The molecule has 0 amide bonds. The minimum atomic E-state index is -0.959. The topological polar surface area (TPSA) is 25.8 Å². The quantitative estimate of drug-likeness (QED) is 0.376. The fourth-order valence-corrected chi connectivity index (χ4v) is 4.32. The van der Waals surface area contributed by atoms with Gasteiger partial charge in [-0.15, -0.1) is 6.58 Å². The van der Waals surface area contributed by atoms with Gasteiger partial charge in [0.05, 0.1) is 0 Å². The van der Waals surface area contributed by atoms with Gasteiger partial charge in [-0.25, -0.2) is 18.7 Å². The molecule has 1 aromatic heterocycles. The maximum Gasteiger partial charge on any atom is 0.162 e. The molecule has 0 spiro atoms. The van der Waals surface area contributed by atoms with Crippen LogP contribution in [0.3, 0.4) is 0 Å². The van der Waals surface area contributed by atoms with Crippen LogP contribution in [0.2, 0.25) is 10.3 Å². The molecule has 144 valence electrons. The lowest BCUT2D eigenvalue weighted by molar-refractivity contribution is 0.265. The van der Waals surface area contributed by atoms with Crippen molar-refractivity contribution in [1.29, 1.82) is 0 Å². The first-order valence-corrected chi connectivity index (χ1v) is 10.0. The number of hydrogen-bond acceptors (Lipinski definition) is 2. The van der Waals surface area contributed by atoms with Crippen molar-refractivity contribution in [3.05, 3.63) is 58.4 Å². The van der Waals surface area contributed by atoms with Crippen LogP contribution in [0.25, 0.3) is 11.4 Å². The summed E-state index contributed by atoms with van der Waals surface area (Å²) in [6, 6.07) is 3.48. The molecule has 0 atom stereocenters. The van der Waals surface area contributed by atoms with Crippen LogP contribution < -0.4 is 0 Å². The zero-order chi connectivity index (χ0) is 19.4.